The van der Waals surface area contributed by atoms with Crippen LogP contribution < -0.4 is 10.1 Å². The van der Waals surface area contributed by atoms with Crippen LogP contribution in [0.3, 0.4) is 0 Å². The quantitative estimate of drug-likeness (QED) is 0.819. The summed E-state index contributed by atoms with van der Waals surface area (Å²) in [6, 6.07) is 4.89. The summed E-state index contributed by atoms with van der Waals surface area (Å²) in [6.07, 6.45) is 0.775. The van der Waals surface area contributed by atoms with Gasteiger partial charge in [-0.15, -0.1) is 0 Å². The van der Waals surface area contributed by atoms with E-state index in [9.17, 15) is 14.4 Å². The Labute approximate surface area is 151 Å². The minimum absolute atomic E-state index is 0.111. The van der Waals surface area contributed by atoms with Gasteiger partial charge in [0.05, 0.1) is 25.0 Å². The molecule has 0 saturated heterocycles. The Morgan fingerprint density at radius 1 is 1.35 bits per heavy atom. The molecule has 0 radical (unpaired) electrons. The summed E-state index contributed by atoms with van der Waals surface area (Å²) < 4.78 is 10.5. The average Bonchev–Trinajstić information content (AvgIpc) is 2.62. The lowest BCUT2D eigenvalue weighted by Gasteiger charge is -2.39. The van der Waals surface area contributed by atoms with Gasteiger partial charge in [0.1, 0.15) is 11.8 Å². The van der Waals surface area contributed by atoms with Crippen molar-refractivity contribution in [1.29, 1.82) is 0 Å². The van der Waals surface area contributed by atoms with Crippen molar-refractivity contribution in [1.82, 2.24) is 10.2 Å². The first-order valence-corrected chi connectivity index (χ1v) is 8.62. The first-order valence-electron chi connectivity index (χ1n) is 8.62. The normalized spacial score (nSPS) is 18.8. The van der Waals surface area contributed by atoms with E-state index in [0.29, 0.717) is 30.0 Å². The Kier molecular flexibility index (Phi) is 4.97. The number of carbonyl (C=O) groups excluding carboxylic acids is 3. The number of nitrogens with zero attached hydrogens (tertiary/aromatic N) is 1. The minimum atomic E-state index is -0.761. The van der Waals surface area contributed by atoms with Crippen LogP contribution in [-0.2, 0) is 25.5 Å². The summed E-state index contributed by atoms with van der Waals surface area (Å²) in [4.78, 5) is 38.5. The molecule has 1 atom stereocenters. The van der Waals surface area contributed by atoms with Gasteiger partial charge < -0.3 is 19.7 Å². The highest BCUT2D eigenvalue weighted by molar-refractivity contribution is 6.06. The molecule has 1 aromatic rings. The topological polar surface area (TPSA) is 84.9 Å². The van der Waals surface area contributed by atoms with Crippen molar-refractivity contribution in [2.75, 3.05) is 20.3 Å². The summed E-state index contributed by atoms with van der Waals surface area (Å²) in [7, 11) is 1.57. The smallest absolute Gasteiger partial charge is 0.336 e. The monoisotopic (exact) mass is 358 g/mol. The summed E-state index contributed by atoms with van der Waals surface area (Å²) >= 11 is 0. The molecule has 3 rings (SSSR count). The van der Waals surface area contributed by atoms with E-state index in [1.54, 1.807) is 18.9 Å². The van der Waals surface area contributed by atoms with Gasteiger partial charge in [0, 0.05) is 25.5 Å². The number of methoxy groups -OCH3 is 1. The van der Waals surface area contributed by atoms with E-state index in [1.807, 2.05) is 18.2 Å². The SMILES string of the molecule is CCOC(=O)C1=C2c3cc(OC)ccc3CCN2C(=O)C(NC(C)=O)C1. The summed E-state index contributed by atoms with van der Waals surface area (Å²) in [5, 5.41) is 2.64. The van der Waals surface area contributed by atoms with Crippen molar-refractivity contribution >= 4 is 23.5 Å². The molecule has 1 aromatic carbocycles. The van der Waals surface area contributed by atoms with E-state index in [1.165, 1.54) is 6.92 Å². The van der Waals surface area contributed by atoms with Crippen LogP contribution in [0.2, 0.25) is 0 Å². The standard InChI is InChI=1S/C19H22N2O5/c1-4-26-19(24)15-10-16(20-11(2)22)18(23)21-8-7-12-5-6-13(25-3)9-14(12)17(15)21/h5-6,9,16H,4,7-8,10H2,1-3H3,(H,20,22). The lowest BCUT2D eigenvalue weighted by molar-refractivity contribution is -0.140. The fraction of sp³-hybridized carbons (Fsp3) is 0.421. The van der Waals surface area contributed by atoms with Crippen LogP contribution in [0, 0.1) is 0 Å². The summed E-state index contributed by atoms with van der Waals surface area (Å²) in [5.74, 6) is -0.338. The van der Waals surface area contributed by atoms with Gasteiger partial charge in [0.25, 0.3) is 0 Å². The predicted octanol–water partition coefficient (Wildman–Crippen LogP) is 1.26. The number of esters is 1. The van der Waals surface area contributed by atoms with Gasteiger partial charge in [0.15, 0.2) is 0 Å². The van der Waals surface area contributed by atoms with Crippen molar-refractivity contribution in [3.63, 3.8) is 0 Å². The molecule has 138 valence electrons. The number of ether oxygens (including phenoxy) is 2. The number of hydrogen-bond acceptors (Lipinski definition) is 5. The van der Waals surface area contributed by atoms with Crippen molar-refractivity contribution in [3.8, 4) is 5.75 Å². The molecule has 0 bridgehead atoms. The van der Waals surface area contributed by atoms with Crippen LogP contribution >= 0.6 is 0 Å². The molecule has 0 spiro atoms. The highest BCUT2D eigenvalue weighted by Crippen LogP contribution is 2.38. The predicted molar refractivity (Wildman–Crippen MR) is 94.2 cm³/mol. The Hall–Kier alpha value is -2.83. The van der Waals surface area contributed by atoms with Gasteiger partial charge in [-0.25, -0.2) is 4.79 Å². The highest BCUT2D eigenvalue weighted by atomic mass is 16.5. The molecule has 2 aliphatic heterocycles. The molecule has 2 heterocycles. The highest BCUT2D eigenvalue weighted by Gasteiger charge is 2.40. The maximum atomic E-state index is 12.9. The minimum Gasteiger partial charge on any atom is -0.497 e. The lowest BCUT2D eigenvalue weighted by atomic mass is 9.87. The van der Waals surface area contributed by atoms with E-state index in [4.69, 9.17) is 9.47 Å². The van der Waals surface area contributed by atoms with Gasteiger partial charge in [0.2, 0.25) is 11.8 Å². The Bertz CT molecular complexity index is 799. The van der Waals surface area contributed by atoms with Crippen LogP contribution in [0.5, 0.6) is 5.75 Å². The molecule has 1 unspecified atom stereocenters. The second-order valence-corrected chi connectivity index (χ2v) is 6.27. The third-order valence-electron chi connectivity index (χ3n) is 4.60. The second-order valence-electron chi connectivity index (χ2n) is 6.27. The number of hydrogen-bond donors (Lipinski definition) is 1. The van der Waals surface area contributed by atoms with Crippen LogP contribution in [0.15, 0.2) is 23.8 Å². The van der Waals surface area contributed by atoms with Gasteiger partial charge >= 0.3 is 5.97 Å². The summed E-state index contributed by atoms with van der Waals surface area (Å²) in [6.45, 7) is 3.77. The van der Waals surface area contributed by atoms with Crippen molar-refractivity contribution in [2.24, 2.45) is 0 Å². The molecule has 1 N–H and O–H groups in total. The average molecular weight is 358 g/mol. The summed E-state index contributed by atoms with van der Waals surface area (Å²) in [5.41, 5.74) is 2.81. The number of benzene rings is 1. The zero-order valence-electron chi connectivity index (χ0n) is 15.1. The number of nitrogens with one attached hydrogen (secondary N) is 1. The number of fused-ring (bicyclic) bond motifs is 3. The number of amides is 2. The van der Waals surface area contributed by atoms with E-state index < -0.39 is 12.0 Å². The largest absolute Gasteiger partial charge is 0.497 e. The number of carbonyl (C=O) groups is 3. The fourth-order valence-corrected chi connectivity index (χ4v) is 3.49. The van der Waals surface area contributed by atoms with Gasteiger partial charge in [-0.05, 0) is 31.0 Å². The zero-order chi connectivity index (χ0) is 18.8. The first-order chi connectivity index (χ1) is 12.5. The maximum Gasteiger partial charge on any atom is 0.336 e. The van der Waals surface area contributed by atoms with Gasteiger partial charge in [-0.3, -0.25) is 9.59 Å². The Morgan fingerprint density at radius 2 is 2.12 bits per heavy atom. The third kappa shape index (κ3) is 3.16. The van der Waals surface area contributed by atoms with E-state index >= 15 is 0 Å². The fourth-order valence-electron chi connectivity index (χ4n) is 3.49. The third-order valence-corrected chi connectivity index (χ3v) is 4.60. The van der Waals surface area contributed by atoms with Crippen LogP contribution in [0.25, 0.3) is 5.70 Å². The molecular formula is C19H22N2O5. The molecule has 2 aliphatic rings. The second kappa shape index (κ2) is 7.19. The molecule has 0 saturated carbocycles. The van der Waals surface area contributed by atoms with E-state index in [2.05, 4.69) is 5.32 Å². The van der Waals surface area contributed by atoms with E-state index in [-0.39, 0.29) is 24.8 Å². The van der Waals surface area contributed by atoms with Crippen LogP contribution in [0.1, 0.15) is 31.4 Å². The molecular weight excluding hydrogens is 336 g/mol. The molecule has 26 heavy (non-hydrogen) atoms. The Morgan fingerprint density at radius 3 is 2.77 bits per heavy atom. The molecule has 7 heteroatoms. The maximum absolute atomic E-state index is 12.9. The van der Waals surface area contributed by atoms with Crippen LogP contribution in [0.4, 0.5) is 0 Å². The van der Waals surface area contributed by atoms with Gasteiger partial charge in [-0.1, -0.05) is 6.07 Å². The first kappa shape index (κ1) is 18.0. The molecule has 0 aliphatic carbocycles. The van der Waals surface area contributed by atoms with E-state index in [0.717, 1.165) is 11.1 Å². The van der Waals surface area contributed by atoms with Crippen molar-refractivity contribution < 1.29 is 23.9 Å². The molecule has 7 nitrogen and oxygen atoms in total. The molecule has 0 aromatic heterocycles. The van der Waals surface area contributed by atoms with Crippen LogP contribution in [-0.4, -0.2) is 49.0 Å². The van der Waals surface area contributed by atoms with Crippen molar-refractivity contribution in [3.05, 3.63) is 34.9 Å². The zero-order valence-corrected chi connectivity index (χ0v) is 15.1. The lowest BCUT2D eigenvalue weighted by Crippen LogP contribution is -2.52. The van der Waals surface area contributed by atoms with Gasteiger partial charge in [-0.2, -0.15) is 0 Å². The molecule has 2 amide bonds. The van der Waals surface area contributed by atoms with Crippen molar-refractivity contribution in [2.45, 2.75) is 32.7 Å². The number of rotatable bonds is 4. The molecule has 0 fully saturated rings. The Balaban J connectivity index is 2.15.